The molecule has 1 radical (unpaired) electrons. The molecular formula is C12H14Cl2N3Se. The summed E-state index contributed by atoms with van der Waals surface area (Å²) in [5.41, 5.74) is 7.22. The third-order valence-electron chi connectivity index (χ3n) is 2.29. The molecule has 1 aromatic rings. The average Bonchev–Trinajstić information content (AvgIpc) is 2.33. The Morgan fingerprint density at radius 3 is 2.56 bits per heavy atom. The fourth-order valence-electron chi connectivity index (χ4n) is 1.38. The molecule has 1 rings (SSSR count). The fourth-order valence-corrected chi connectivity index (χ4v) is 1.77. The molecule has 0 amide bonds. The third-order valence-corrected chi connectivity index (χ3v) is 3.20. The Bertz CT molecular complexity index is 468. The van der Waals surface area contributed by atoms with Gasteiger partial charge in [-0.15, -0.1) is 0 Å². The molecule has 18 heavy (non-hydrogen) atoms. The van der Waals surface area contributed by atoms with E-state index in [4.69, 9.17) is 28.9 Å². The zero-order valence-corrected chi connectivity index (χ0v) is 13.2. The number of halogens is 2. The Kier molecular flexibility index (Phi) is 6.72. The number of rotatable bonds is 5. The second-order valence-electron chi connectivity index (χ2n) is 3.72. The number of benzene rings is 1. The van der Waals surface area contributed by atoms with Gasteiger partial charge < -0.3 is 0 Å². The van der Waals surface area contributed by atoms with Gasteiger partial charge in [0.25, 0.3) is 0 Å². The van der Waals surface area contributed by atoms with Gasteiger partial charge in [-0.3, -0.25) is 0 Å². The summed E-state index contributed by atoms with van der Waals surface area (Å²) < 4.78 is 0.309. The van der Waals surface area contributed by atoms with E-state index in [0.717, 1.165) is 30.5 Å². The van der Waals surface area contributed by atoms with Crippen LogP contribution in [0.25, 0.3) is 0 Å². The van der Waals surface area contributed by atoms with Gasteiger partial charge in [-0.1, -0.05) is 0 Å². The second kappa shape index (κ2) is 7.80. The van der Waals surface area contributed by atoms with Gasteiger partial charge in [-0.25, -0.2) is 0 Å². The molecule has 0 unspecified atom stereocenters. The quantitative estimate of drug-likeness (QED) is 0.376. The Labute approximate surface area is 125 Å². The molecule has 0 bridgehead atoms. The summed E-state index contributed by atoms with van der Waals surface area (Å²) in [5, 5.41) is 9.05. The summed E-state index contributed by atoms with van der Waals surface area (Å²) in [4.78, 5) is 0. The van der Waals surface area contributed by atoms with Crippen LogP contribution in [0.5, 0.6) is 0 Å². The number of hydrogen-bond donors (Lipinski definition) is 1. The Balaban J connectivity index is 3.05. The van der Waals surface area contributed by atoms with Crippen LogP contribution in [0.15, 0.2) is 28.4 Å². The van der Waals surface area contributed by atoms with Crippen molar-refractivity contribution in [2.75, 3.05) is 0 Å². The van der Waals surface area contributed by atoms with Crippen molar-refractivity contribution in [3.8, 4) is 0 Å². The van der Waals surface area contributed by atoms with Crippen LogP contribution in [-0.4, -0.2) is 26.5 Å². The van der Waals surface area contributed by atoms with Crippen LogP contribution in [0.4, 0.5) is 0 Å². The van der Waals surface area contributed by atoms with E-state index in [0.29, 0.717) is 14.8 Å². The molecule has 2 N–H and O–H groups in total. The van der Waals surface area contributed by atoms with Crippen molar-refractivity contribution < 1.29 is 0 Å². The van der Waals surface area contributed by atoms with E-state index >= 15 is 0 Å². The van der Waals surface area contributed by atoms with Gasteiger partial charge in [0, 0.05) is 0 Å². The Morgan fingerprint density at radius 2 is 2.00 bits per heavy atom. The molecule has 0 spiro atoms. The first-order valence-corrected chi connectivity index (χ1v) is 7.18. The standard InChI is InChI=1S/C12H14Cl2N3Se/c1-2-3-4-11(16-17-12(15)18)8-5-6-9(13)10(14)7-8/h5-7H,2-4H2,1H3,(H2,15,17)/b16-11-. The first-order chi connectivity index (χ1) is 8.54. The molecule has 0 heterocycles. The van der Waals surface area contributed by atoms with Crippen molar-refractivity contribution >= 4 is 49.7 Å². The molecule has 0 aliphatic carbocycles. The summed E-state index contributed by atoms with van der Waals surface area (Å²) in [6.07, 6.45) is 2.94. The first kappa shape index (κ1) is 15.5. The van der Waals surface area contributed by atoms with Crippen LogP contribution < -0.4 is 5.73 Å². The van der Waals surface area contributed by atoms with Crippen LogP contribution >= 0.6 is 23.2 Å². The topological polar surface area (TPSA) is 50.7 Å². The second-order valence-corrected chi connectivity index (χ2v) is 5.41. The van der Waals surface area contributed by atoms with E-state index in [1.807, 2.05) is 6.07 Å². The maximum atomic E-state index is 6.00. The van der Waals surface area contributed by atoms with Gasteiger partial charge in [0.15, 0.2) is 0 Å². The summed E-state index contributed by atoms with van der Waals surface area (Å²) in [7, 11) is 0. The Morgan fingerprint density at radius 1 is 1.28 bits per heavy atom. The van der Waals surface area contributed by atoms with Crippen LogP contribution in [0.2, 0.25) is 10.0 Å². The molecular weight excluding hydrogens is 336 g/mol. The maximum absolute atomic E-state index is 6.00. The molecule has 0 saturated heterocycles. The molecule has 97 valence electrons. The van der Waals surface area contributed by atoms with Crippen molar-refractivity contribution in [3.05, 3.63) is 33.8 Å². The molecule has 3 nitrogen and oxygen atoms in total. The zero-order chi connectivity index (χ0) is 13.5. The number of nitrogens with zero attached hydrogens (tertiary/aromatic N) is 2. The number of amidine groups is 1. The van der Waals surface area contributed by atoms with Gasteiger partial charge in [-0.05, 0) is 0 Å². The van der Waals surface area contributed by atoms with Crippen molar-refractivity contribution in [2.45, 2.75) is 26.2 Å². The van der Waals surface area contributed by atoms with Crippen molar-refractivity contribution in [2.24, 2.45) is 15.9 Å². The fraction of sp³-hybridized carbons (Fsp3) is 0.333. The normalized spacial score (nSPS) is 12.8. The summed E-state index contributed by atoms with van der Waals surface area (Å²) in [6.45, 7) is 2.12. The Hall–Kier alpha value is -0.541. The molecule has 6 heteroatoms. The predicted octanol–water partition coefficient (Wildman–Crippen LogP) is 3.37. The molecule has 1 aromatic carbocycles. The van der Waals surface area contributed by atoms with Crippen LogP contribution in [0.3, 0.4) is 0 Å². The van der Waals surface area contributed by atoms with E-state index in [-0.39, 0.29) is 0 Å². The number of unbranched alkanes of at least 4 members (excludes halogenated alkanes) is 1. The molecule has 0 fully saturated rings. The van der Waals surface area contributed by atoms with E-state index in [1.54, 1.807) is 12.1 Å². The van der Waals surface area contributed by atoms with Crippen molar-refractivity contribution in [1.29, 1.82) is 0 Å². The van der Waals surface area contributed by atoms with E-state index in [2.05, 4.69) is 33.1 Å². The monoisotopic (exact) mass is 350 g/mol. The molecule has 0 saturated carbocycles. The molecule has 0 aliphatic rings. The summed E-state index contributed by atoms with van der Waals surface area (Å²) >= 11 is 14.5. The number of hydrogen-bond acceptors (Lipinski definition) is 2. The average molecular weight is 350 g/mol. The summed E-state index contributed by atoms with van der Waals surface area (Å²) in [6, 6.07) is 5.43. The first-order valence-electron chi connectivity index (χ1n) is 5.57. The summed E-state index contributed by atoms with van der Waals surface area (Å²) in [5.74, 6) is 0. The van der Waals surface area contributed by atoms with E-state index < -0.39 is 0 Å². The minimum atomic E-state index is 0.309. The molecule has 0 aliphatic heterocycles. The minimum absolute atomic E-state index is 0.309. The number of nitrogens with two attached hydrogens (primary N) is 1. The van der Waals surface area contributed by atoms with Gasteiger partial charge >= 0.3 is 126 Å². The van der Waals surface area contributed by atoms with Gasteiger partial charge in [-0.2, -0.15) is 0 Å². The van der Waals surface area contributed by atoms with Gasteiger partial charge in [0.05, 0.1) is 0 Å². The molecule has 0 atom stereocenters. The van der Waals surface area contributed by atoms with Crippen LogP contribution in [-0.2, 0) is 0 Å². The molecule has 0 aromatic heterocycles. The van der Waals surface area contributed by atoms with Crippen LogP contribution in [0.1, 0.15) is 31.7 Å². The zero-order valence-electron chi connectivity index (χ0n) is 9.99. The SMILES string of the molecule is CCCC/C(=N/N=C(N)[Se])c1ccc(Cl)c(Cl)c1. The van der Waals surface area contributed by atoms with Crippen LogP contribution in [0, 0.1) is 0 Å². The van der Waals surface area contributed by atoms with Gasteiger partial charge in [0.2, 0.25) is 0 Å². The third kappa shape index (κ3) is 4.99. The van der Waals surface area contributed by atoms with Gasteiger partial charge in [0.1, 0.15) is 0 Å². The van der Waals surface area contributed by atoms with E-state index in [1.165, 1.54) is 0 Å². The van der Waals surface area contributed by atoms with Crippen molar-refractivity contribution in [1.82, 2.24) is 0 Å². The van der Waals surface area contributed by atoms with Crippen molar-refractivity contribution in [3.63, 3.8) is 0 Å². The van der Waals surface area contributed by atoms with E-state index in [9.17, 15) is 0 Å². The predicted molar refractivity (Wildman–Crippen MR) is 79.9 cm³/mol.